The van der Waals surface area contributed by atoms with Gasteiger partial charge in [-0.25, -0.2) is 0 Å². The molecule has 0 saturated carbocycles. The third-order valence-corrected chi connectivity index (χ3v) is 6.18. The maximum atomic E-state index is 13.0. The molecule has 1 atom stereocenters. The smallest absolute Gasteiger partial charge is 0.255 e. The minimum absolute atomic E-state index is 0.0886. The summed E-state index contributed by atoms with van der Waals surface area (Å²) in [5.74, 6) is 0.626. The Kier molecular flexibility index (Phi) is 8.00. The van der Waals surface area contributed by atoms with Gasteiger partial charge in [-0.15, -0.1) is 0 Å². The van der Waals surface area contributed by atoms with Crippen LogP contribution in [0.1, 0.15) is 22.8 Å². The third-order valence-electron chi connectivity index (χ3n) is 6.18. The molecule has 0 radical (unpaired) electrons. The van der Waals surface area contributed by atoms with Crippen LogP contribution in [0.3, 0.4) is 0 Å². The molecule has 7 nitrogen and oxygen atoms in total. The molecule has 3 aromatic carbocycles. The highest BCUT2D eigenvalue weighted by molar-refractivity contribution is 6.04. The molecule has 2 amide bonds. The van der Waals surface area contributed by atoms with Crippen LogP contribution in [0.4, 0.5) is 11.4 Å². The lowest BCUT2D eigenvalue weighted by Gasteiger charge is -2.36. The summed E-state index contributed by atoms with van der Waals surface area (Å²) in [5.41, 5.74) is 3.33. The molecule has 0 spiro atoms. The van der Waals surface area contributed by atoms with Crippen molar-refractivity contribution in [3.05, 3.63) is 90.0 Å². The van der Waals surface area contributed by atoms with Gasteiger partial charge in [0.25, 0.3) is 5.91 Å². The molecule has 1 aliphatic rings. The van der Waals surface area contributed by atoms with Crippen molar-refractivity contribution >= 4 is 23.2 Å². The zero-order chi connectivity index (χ0) is 24.6. The van der Waals surface area contributed by atoms with Gasteiger partial charge in [-0.2, -0.15) is 0 Å². The molecule has 1 fully saturated rings. The Morgan fingerprint density at radius 2 is 1.49 bits per heavy atom. The Bertz CT molecular complexity index is 1110. The van der Waals surface area contributed by atoms with Gasteiger partial charge in [0.15, 0.2) is 0 Å². The van der Waals surface area contributed by atoms with Crippen molar-refractivity contribution in [2.45, 2.75) is 19.5 Å². The molecule has 7 heteroatoms. The first-order valence-electron chi connectivity index (χ1n) is 11.9. The van der Waals surface area contributed by atoms with Crippen LogP contribution in [0.5, 0.6) is 5.75 Å². The Morgan fingerprint density at radius 3 is 2.11 bits per heavy atom. The highest BCUT2D eigenvalue weighted by Crippen LogP contribution is 2.18. The molecule has 0 aromatic heterocycles. The van der Waals surface area contributed by atoms with Crippen LogP contribution >= 0.6 is 0 Å². The van der Waals surface area contributed by atoms with Crippen LogP contribution in [-0.2, 0) is 11.3 Å². The molecule has 182 valence electrons. The monoisotopic (exact) mass is 472 g/mol. The summed E-state index contributed by atoms with van der Waals surface area (Å²) in [7, 11) is 1.60. The summed E-state index contributed by atoms with van der Waals surface area (Å²) in [4.78, 5) is 29.8. The first-order valence-corrected chi connectivity index (χ1v) is 11.9. The van der Waals surface area contributed by atoms with E-state index in [1.54, 1.807) is 43.5 Å². The van der Waals surface area contributed by atoms with Crippen molar-refractivity contribution in [3.8, 4) is 5.75 Å². The van der Waals surface area contributed by atoms with Crippen molar-refractivity contribution < 1.29 is 14.3 Å². The summed E-state index contributed by atoms with van der Waals surface area (Å²) in [6.07, 6.45) is 0. The SMILES string of the molecule is COc1ccc(NC(=O)c2ccc(N[C@H](C)C(=O)N3CCN(Cc4ccccc4)CC3)cc2)cc1. The van der Waals surface area contributed by atoms with E-state index in [4.69, 9.17) is 4.74 Å². The van der Waals surface area contributed by atoms with Crippen molar-refractivity contribution in [1.82, 2.24) is 9.80 Å². The molecular formula is C28H32N4O3. The van der Waals surface area contributed by atoms with Crippen molar-refractivity contribution in [1.29, 1.82) is 0 Å². The predicted octanol–water partition coefficient (Wildman–Crippen LogP) is 4.09. The number of rotatable bonds is 8. The highest BCUT2D eigenvalue weighted by Gasteiger charge is 2.25. The standard InChI is InChI=1S/C28H32N4O3/c1-21(28(34)32-18-16-31(17-19-32)20-22-6-4-3-5-7-22)29-24-10-8-23(9-11-24)27(33)30-25-12-14-26(35-2)15-13-25/h3-15,21,29H,16-20H2,1-2H3,(H,30,33)/t21-/m1/s1. The lowest BCUT2D eigenvalue weighted by molar-refractivity contribution is -0.133. The average Bonchev–Trinajstić information content (AvgIpc) is 2.90. The fourth-order valence-electron chi connectivity index (χ4n) is 4.15. The Hall–Kier alpha value is -3.84. The van der Waals surface area contributed by atoms with Gasteiger partial charge in [-0.05, 0) is 61.0 Å². The van der Waals surface area contributed by atoms with E-state index >= 15 is 0 Å². The first-order chi connectivity index (χ1) is 17.0. The van der Waals surface area contributed by atoms with E-state index in [1.165, 1.54) is 5.56 Å². The molecule has 0 aliphatic carbocycles. The van der Waals surface area contributed by atoms with Gasteiger partial charge in [0.05, 0.1) is 7.11 Å². The fourth-order valence-corrected chi connectivity index (χ4v) is 4.15. The first kappa shape index (κ1) is 24.3. The molecule has 1 saturated heterocycles. The number of piperazine rings is 1. The number of nitrogens with one attached hydrogen (secondary N) is 2. The van der Waals surface area contributed by atoms with Crippen molar-refractivity contribution in [2.24, 2.45) is 0 Å². The van der Waals surface area contributed by atoms with E-state index in [0.29, 0.717) is 11.3 Å². The number of nitrogens with zero attached hydrogens (tertiary/aromatic N) is 2. The quantitative estimate of drug-likeness (QED) is 0.517. The second-order valence-electron chi connectivity index (χ2n) is 8.71. The van der Waals surface area contributed by atoms with Crippen molar-refractivity contribution in [3.63, 3.8) is 0 Å². The lowest BCUT2D eigenvalue weighted by atomic mass is 10.1. The summed E-state index contributed by atoms with van der Waals surface area (Å²) in [5, 5.41) is 6.14. The number of benzene rings is 3. The molecule has 3 aromatic rings. The zero-order valence-electron chi connectivity index (χ0n) is 20.2. The number of hydrogen-bond acceptors (Lipinski definition) is 5. The number of methoxy groups -OCH3 is 1. The van der Waals surface area contributed by atoms with Crippen LogP contribution in [-0.4, -0.2) is 60.9 Å². The predicted molar refractivity (Wildman–Crippen MR) is 139 cm³/mol. The maximum Gasteiger partial charge on any atom is 0.255 e. The summed E-state index contributed by atoms with van der Waals surface area (Å²) < 4.78 is 5.14. The van der Waals surface area contributed by atoms with E-state index < -0.39 is 0 Å². The normalized spacial score (nSPS) is 14.7. The number of amides is 2. The lowest BCUT2D eigenvalue weighted by Crippen LogP contribution is -2.51. The van der Waals surface area contributed by atoms with E-state index in [-0.39, 0.29) is 17.9 Å². The molecule has 35 heavy (non-hydrogen) atoms. The average molecular weight is 473 g/mol. The third kappa shape index (κ3) is 6.61. The van der Waals surface area contributed by atoms with E-state index in [0.717, 1.165) is 44.2 Å². The fraction of sp³-hybridized carbons (Fsp3) is 0.286. The Morgan fingerprint density at radius 1 is 0.857 bits per heavy atom. The van der Waals surface area contributed by atoms with Crippen LogP contribution in [0.2, 0.25) is 0 Å². The summed E-state index contributed by atoms with van der Waals surface area (Å²) in [6.45, 7) is 5.97. The van der Waals surface area contributed by atoms with Crippen LogP contribution in [0.15, 0.2) is 78.9 Å². The van der Waals surface area contributed by atoms with E-state index in [9.17, 15) is 9.59 Å². The van der Waals surface area contributed by atoms with Gasteiger partial charge in [0.1, 0.15) is 11.8 Å². The molecule has 4 rings (SSSR count). The van der Waals surface area contributed by atoms with E-state index in [2.05, 4.69) is 39.8 Å². The maximum absolute atomic E-state index is 13.0. The highest BCUT2D eigenvalue weighted by atomic mass is 16.5. The molecular weight excluding hydrogens is 440 g/mol. The molecule has 0 unspecified atom stereocenters. The topological polar surface area (TPSA) is 73.9 Å². The van der Waals surface area contributed by atoms with Gasteiger partial charge in [-0.1, -0.05) is 30.3 Å². The Labute approximate surface area is 206 Å². The van der Waals surface area contributed by atoms with Gasteiger partial charge in [0, 0.05) is 49.7 Å². The number of ether oxygens (including phenoxy) is 1. The minimum Gasteiger partial charge on any atom is -0.497 e. The second kappa shape index (κ2) is 11.5. The van der Waals surface area contributed by atoms with E-state index in [1.807, 2.05) is 30.0 Å². The van der Waals surface area contributed by atoms with Gasteiger partial charge < -0.3 is 20.3 Å². The number of anilines is 2. The van der Waals surface area contributed by atoms with Crippen LogP contribution < -0.4 is 15.4 Å². The molecule has 1 aliphatic heterocycles. The number of carbonyl (C=O) groups is 2. The van der Waals surface area contributed by atoms with Crippen molar-refractivity contribution in [2.75, 3.05) is 43.9 Å². The van der Waals surface area contributed by atoms with Gasteiger partial charge in [0.2, 0.25) is 5.91 Å². The van der Waals surface area contributed by atoms with Crippen LogP contribution in [0.25, 0.3) is 0 Å². The Balaban J connectivity index is 1.25. The minimum atomic E-state index is -0.352. The number of hydrogen-bond donors (Lipinski definition) is 2. The molecule has 0 bridgehead atoms. The molecule has 1 heterocycles. The van der Waals surface area contributed by atoms with Gasteiger partial charge >= 0.3 is 0 Å². The van der Waals surface area contributed by atoms with Gasteiger partial charge in [-0.3, -0.25) is 14.5 Å². The second-order valence-corrected chi connectivity index (χ2v) is 8.71. The zero-order valence-corrected chi connectivity index (χ0v) is 20.2. The molecule has 2 N–H and O–H groups in total. The summed E-state index contributed by atoms with van der Waals surface area (Å²) >= 11 is 0. The summed E-state index contributed by atoms with van der Waals surface area (Å²) in [6, 6.07) is 24.4. The number of carbonyl (C=O) groups excluding carboxylic acids is 2. The van der Waals surface area contributed by atoms with Crippen LogP contribution in [0, 0.1) is 0 Å². The largest absolute Gasteiger partial charge is 0.497 e.